The molecule has 1 N–H and O–H groups in total. The summed E-state index contributed by atoms with van der Waals surface area (Å²) in [6.45, 7) is 6.46. The molecule has 0 spiro atoms. The highest BCUT2D eigenvalue weighted by atomic mass is 32.1. The Labute approximate surface area is 89.1 Å². The Kier molecular flexibility index (Phi) is 2.74. The van der Waals surface area contributed by atoms with Crippen LogP contribution in [-0.2, 0) is 13.0 Å². The van der Waals surface area contributed by atoms with Gasteiger partial charge in [-0.2, -0.15) is 0 Å². The largest absolute Gasteiger partial charge is 0.349 e. The third-order valence-electron chi connectivity index (χ3n) is 2.67. The molecule has 78 valence electrons. The van der Waals surface area contributed by atoms with E-state index in [4.69, 9.17) is 0 Å². The number of rotatable bonds is 2. The third-order valence-corrected chi connectivity index (χ3v) is 3.86. The molecule has 1 aliphatic heterocycles. The van der Waals surface area contributed by atoms with Crippen molar-refractivity contribution in [3.05, 3.63) is 10.6 Å². The summed E-state index contributed by atoms with van der Waals surface area (Å²) in [5, 5.41) is 4.54. The fourth-order valence-electron chi connectivity index (χ4n) is 1.48. The Morgan fingerprint density at radius 3 is 2.93 bits per heavy atom. The highest BCUT2D eigenvalue weighted by Crippen LogP contribution is 2.28. The van der Waals surface area contributed by atoms with Crippen LogP contribution in [0.2, 0.25) is 0 Å². The first-order valence-corrected chi connectivity index (χ1v) is 5.92. The van der Waals surface area contributed by atoms with Crippen LogP contribution in [0.15, 0.2) is 0 Å². The molecule has 0 unspecified atom stereocenters. The van der Waals surface area contributed by atoms with Gasteiger partial charge in [0.2, 0.25) is 0 Å². The van der Waals surface area contributed by atoms with Crippen LogP contribution in [0.4, 0.5) is 5.13 Å². The first kappa shape index (κ1) is 9.93. The third kappa shape index (κ3) is 1.77. The second kappa shape index (κ2) is 3.87. The minimum atomic E-state index is 0.524. The van der Waals surface area contributed by atoms with E-state index >= 15 is 0 Å². The molecule has 1 aromatic rings. The lowest BCUT2D eigenvalue weighted by Crippen LogP contribution is -2.25. The van der Waals surface area contributed by atoms with Crippen LogP contribution in [0.25, 0.3) is 0 Å². The van der Waals surface area contributed by atoms with Gasteiger partial charge in [0, 0.05) is 37.5 Å². The van der Waals surface area contributed by atoms with Crippen LogP contribution < -0.4 is 10.2 Å². The van der Waals surface area contributed by atoms with Crippen molar-refractivity contribution in [2.24, 2.45) is 0 Å². The van der Waals surface area contributed by atoms with Gasteiger partial charge >= 0.3 is 0 Å². The second-order valence-corrected chi connectivity index (χ2v) is 5.06. The van der Waals surface area contributed by atoms with Crippen LogP contribution in [0.5, 0.6) is 0 Å². The molecule has 2 rings (SSSR count). The lowest BCUT2D eigenvalue weighted by molar-refractivity contribution is 0.642. The van der Waals surface area contributed by atoms with E-state index in [9.17, 15) is 0 Å². The number of nitrogens with zero attached hydrogens (tertiary/aromatic N) is 2. The summed E-state index contributed by atoms with van der Waals surface area (Å²) in [6.07, 6.45) is 1.08. The van der Waals surface area contributed by atoms with Gasteiger partial charge in [0.25, 0.3) is 0 Å². The average molecular weight is 211 g/mol. The zero-order chi connectivity index (χ0) is 10.1. The molecule has 0 amide bonds. The Hall–Kier alpha value is -0.610. The monoisotopic (exact) mass is 211 g/mol. The lowest BCUT2D eigenvalue weighted by Gasteiger charge is -2.19. The maximum absolute atomic E-state index is 4.68. The molecule has 0 saturated heterocycles. The first-order chi connectivity index (χ1) is 6.68. The molecule has 0 radical (unpaired) electrons. The first-order valence-electron chi connectivity index (χ1n) is 5.10. The summed E-state index contributed by atoms with van der Waals surface area (Å²) in [6, 6.07) is 0.524. The van der Waals surface area contributed by atoms with Gasteiger partial charge < -0.3 is 10.2 Å². The van der Waals surface area contributed by atoms with E-state index in [0.29, 0.717) is 6.04 Å². The molecule has 3 nitrogen and oxygen atoms in total. The standard InChI is InChI=1S/C10H17N3S/c1-7(2)13(3)10-12-8-4-5-11-6-9(8)14-10/h7,11H,4-6H2,1-3H3. The summed E-state index contributed by atoms with van der Waals surface area (Å²) < 4.78 is 0. The van der Waals surface area contributed by atoms with Crippen molar-refractivity contribution in [1.82, 2.24) is 10.3 Å². The van der Waals surface area contributed by atoms with Crippen molar-refractivity contribution in [3.8, 4) is 0 Å². The summed E-state index contributed by atoms with van der Waals surface area (Å²) in [7, 11) is 2.11. The van der Waals surface area contributed by atoms with Crippen molar-refractivity contribution in [3.63, 3.8) is 0 Å². The average Bonchev–Trinajstić information content (AvgIpc) is 2.59. The summed E-state index contributed by atoms with van der Waals surface area (Å²) in [4.78, 5) is 8.33. The molecular formula is C10H17N3S. The van der Waals surface area contributed by atoms with E-state index in [1.165, 1.54) is 10.6 Å². The van der Waals surface area contributed by atoms with Crippen LogP contribution >= 0.6 is 11.3 Å². The van der Waals surface area contributed by atoms with E-state index in [1.807, 2.05) is 11.3 Å². The molecule has 1 aromatic heterocycles. The van der Waals surface area contributed by atoms with Gasteiger partial charge in [-0.3, -0.25) is 0 Å². The van der Waals surface area contributed by atoms with Gasteiger partial charge in [0.1, 0.15) is 0 Å². The van der Waals surface area contributed by atoms with E-state index in [-0.39, 0.29) is 0 Å². The van der Waals surface area contributed by atoms with E-state index in [0.717, 1.165) is 24.6 Å². The number of fused-ring (bicyclic) bond motifs is 1. The lowest BCUT2D eigenvalue weighted by atomic mass is 10.2. The fourth-order valence-corrected chi connectivity index (χ4v) is 2.65. The number of aromatic nitrogens is 1. The minimum Gasteiger partial charge on any atom is -0.349 e. The molecule has 1 aliphatic rings. The minimum absolute atomic E-state index is 0.524. The maximum atomic E-state index is 4.68. The number of nitrogens with one attached hydrogen (secondary N) is 1. The molecule has 0 aliphatic carbocycles. The zero-order valence-corrected chi connectivity index (χ0v) is 9.82. The highest BCUT2D eigenvalue weighted by Gasteiger charge is 2.17. The van der Waals surface area contributed by atoms with E-state index < -0.39 is 0 Å². The van der Waals surface area contributed by atoms with Gasteiger partial charge in [-0.1, -0.05) is 0 Å². The number of hydrogen-bond acceptors (Lipinski definition) is 4. The normalized spacial score (nSPS) is 15.7. The van der Waals surface area contributed by atoms with Crippen LogP contribution in [-0.4, -0.2) is 24.6 Å². The van der Waals surface area contributed by atoms with Gasteiger partial charge in [-0.25, -0.2) is 4.98 Å². The predicted molar refractivity (Wildman–Crippen MR) is 61.1 cm³/mol. The molecular weight excluding hydrogens is 194 g/mol. The molecule has 14 heavy (non-hydrogen) atoms. The molecule has 2 heterocycles. The smallest absolute Gasteiger partial charge is 0.185 e. The summed E-state index contributed by atoms with van der Waals surface area (Å²) in [5.41, 5.74) is 1.30. The van der Waals surface area contributed by atoms with E-state index in [2.05, 4.69) is 36.1 Å². The Morgan fingerprint density at radius 2 is 2.29 bits per heavy atom. The zero-order valence-electron chi connectivity index (χ0n) is 9.00. The van der Waals surface area contributed by atoms with Crippen LogP contribution in [0, 0.1) is 0 Å². The van der Waals surface area contributed by atoms with Gasteiger partial charge in [0.15, 0.2) is 5.13 Å². The van der Waals surface area contributed by atoms with Gasteiger partial charge in [-0.05, 0) is 13.8 Å². The van der Waals surface area contributed by atoms with Crippen molar-refractivity contribution in [2.75, 3.05) is 18.5 Å². The quantitative estimate of drug-likeness (QED) is 0.806. The second-order valence-electron chi connectivity index (χ2n) is 4.00. The van der Waals surface area contributed by atoms with Crippen molar-refractivity contribution >= 4 is 16.5 Å². The topological polar surface area (TPSA) is 28.2 Å². The molecule has 0 bridgehead atoms. The molecule has 0 atom stereocenters. The van der Waals surface area contributed by atoms with Crippen LogP contribution in [0.3, 0.4) is 0 Å². The van der Waals surface area contributed by atoms with Crippen LogP contribution in [0.1, 0.15) is 24.4 Å². The van der Waals surface area contributed by atoms with Gasteiger partial charge in [0.05, 0.1) is 5.69 Å². The van der Waals surface area contributed by atoms with Crippen molar-refractivity contribution in [1.29, 1.82) is 0 Å². The Morgan fingerprint density at radius 1 is 1.50 bits per heavy atom. The number of thiazole rings is 1. The molecule has 0 saturated carbocycles. The summed E-state index contributed by atoms with van der Waals surface area (Å²) in [5.74, 6) is 0. The number of anilines is 1. The predicted octanol–water partition coefficient (Wildman–Crippen LogP) is 1.63. The maximum Gasteiger partial charge on any atom is 0.185 e. The van der Waals surface area contributed by atoms with E-state index in [1.54, 1.807) is 0 Å². The van der Waals surface area contributed by atoms with Crippen molar-refractivity contribution < 1.29 is 0 Å². The van der Waals surface area contributed by atoms with Gasteiger partial charge in [-0.15, -0.1) is 11.3 Å². The fraction of sp³-hybridized carbons (Fsp3) is 0.700. The number of hydrogen-bond donors (Lipinski definition) is 1. The Bertz CT molecular complexity index is 296. The van der Waals surface area contributed by atoms with Crippen molar-refractivity contribution in [2.45, 2.75) is 32.9 Å². The molecule has 0 fully saturated rings. The SMILES string of the molecule is CC(C)N(C)c1nc2c(s1)CNCC2. The Balaban J connectivity index is 2.23. The summed E-state index contributed by atoms with van der Waals surface area (Å²) >= 11 is 1.82. The molecule has 4 heteroatoms. The molecule has 0 aromatic carbocycles. The highest BCUT2D eigenvalue weighted by molar-refractivity contribution is 7.15.